The van der Waals surface area contributed by atoms with E-state index in [2.05, 4.69) is 41.7 Å². The fourth-order valence-corrected chi connectivity index (χ4v) is 4.96. The van der Waals surface area contributed by atoms with Crippen molar-refractivity contribution in [3.05, 3.63) is 108 Å². The van der Waals surface area contributed by atoms with Gasteiger partial charge in [0.15, 0.2) is 0 Å². The fourth-order valence-electron chi connectivity index (χ4n) is 4.74. The summed E-state index contributed by atoms with van der Waals surface area (Å²) < 4.78 is 12.3. The SMILES string of the molecule is Clc1cc(-c2cccc(Nc3ccc4c(c3)oc3ccccc34)c2)c2oc3ccccc3c2c1. The smallest absolute Gasteiger partial charge is 0.143 e. The van der Waals surface area contributed by atoms with Gasteiger partial charge in [0, 0.05) is 49.6 Å². The zero-order chi connectivity index (χ0) is 22.6. The number of halogens is 1. The van der Waals surface area contributed by atoms with Crippen molar-refractivity contribution in [3.63, 3.8) is 0 Å². The number of hydrogen-bond donors (Lipinski definition) is 1. The summed E-state index contributed by atoms with van der Waals surface area (Å²) in [6, 6.07) is 34.6. The van der Waals surface area contributed by atoms with Gasteiger partial charge < -0.3 is 14.2 Å². The van der Waals surface area contributed by atoms with Crippen LogP contribution in [-0.2, 0) is 0 Å². The summed E-state index contributed by atoms with van der Waals surface area (Å²) in [5.41, 5.74) is 7.38. The van der Waals surface area contributed by atoms with Gasteiger partial charge in [-0.15, -0.1) is 0 Å². The van der Waals surface area contributed by atoms with Gasteiger partial charge in [-0.25, -0.2) is 0 Å². The Bertz CT molecular complexity index is 1860. The number of fused-ring (bicyclic) bond motifs is 6. The molecule has 0 saturated heterocycles. The zero-order valence-corrected chi connectivity index (χ0v) is 18.8. The van der Waals surface area contributed by atoms with E-state index in [9.17, 15) is 0 Å². The van der Waals surface area contributed by atoms with Gasteiger partial charge in [0.2, 0.25) is 0 Å². The van der Waals surface area contributed by atoms with Crippen molar-refractivity contribution in [3.8, 4) is 11.1 Å². The molecule has 0 aliphatic carbocycles. The second-order valence-corrected chi connectivity index (χ2v) is 8.88. The van der Waals surface area contributed by atoms with E-state index in [4.69, 9.17) is 20.4 Å². The van der Waals surface area contributed by atoms with E-state index in [0.29, 0.717) is 5.02 Å². The second kappa shape index (κ2) is 7.41. The first-order valence-corrected chi connectivity index (χ1v) is 11.5. The van der Waals surface area contributed by atoms with Crippen molar-refractivity contribution in [1.29, 1.82) is 0 Å². The highest BCUT2D eigenvalue weighted by atomic mass is 35.5. The van der Waals surface area contributed by atoms with E-state index < -0.39 is 0 Å². The molecule has 0 atom stereocenters. The van der Waals surface area contributed by atoms with Gasteiger partial charge in [-0.3, -0.25) is 0 Å². The van der Waals surface area contributed by atoms with Crippen LogP contribution in [0, 0.1) is 0 Å². The predicted molar refractivity (Wildman–Crippen MR) is 141 cm³/mol. The van der Waals surface area contributed by atoms with E-state index >= 15 is 0 Å². The standard InChI is InChI=1S/C30H18ClNO2/c31-19-15-25(30-26(16-19)23-9-2-4-11-28(23)34-30)18-6-5-7-20(14-18)32-21-12-13-24-22-8-1-3-10-27(22)33-29(24)17-21/h1-17,32H. The molecule has 1 N–H and O–H groups in total. The van der Waals surface area contributed by atoms with Crippen LogP contribution in [0.3, 0.4) is 0 Å². The lowest BCUT2D eigenvalue weighted by Crippen LogP contribution is -1.90. The molecule has 34 heavy (non-hydrogen) atoms. The zero-order valence-electron chi connectivity index (χ0n) is 18.0. The molecule has 2 heterocycles. The first-order valence-electron chi connectivity index (χ1n) is 11.1. The fraction of sp³-hybridized carbons (Fsp3) is 0. The molecule has 162 valence electrons. The van der Waals surface area contributed by atoms with Crippen LogP contribution >= 0.6 is 11.6 Å². The van der Waals surface area contributed by atoms with Crippen LogP contribution in [0.2, 0.25) is 5.02 Å². The van der Waals surface area contributed by atoms with E-state index in [0.717, 1.165) is 66.4 Å². The Morgan fingerprint density at radius 3 is 2.09 bits per heavy atom. The van der Waals surface area contributed by atoms with Crippen molar-refractivity contribution in [2.24, 2.45) is 0 Å². The molecule has 5 aromatic carbocycles. The molecule has 4 heteroatoms. The topological polar surface area (TPSA) is 38.3 Å². The van der Waals surface area contributed by atoms with Gasteiger partial charge >= 0.3 is 0 Å². The maximum Gasteiger partial charge on any atom is 0.143 e. The monoisotopic (exact) mass is 459 g/mol. The summed E-state index contributed by atoms with van der Waals surface area (Å²) in [6.45, 7) is 0. The number of benzene rings is 5. The van der Waals surface area contributed by atoms with Crippen LogP contribution in [0.1, 0.15) is 0 Å². The van der Waals surface area contributed by atoms with Crippen LogP contribution in [-0.4, -0.2) is 0 Å². The summed E-state index contributed by atoms with van der Waals surface area (Å²) in [4.78, 5) is 0. The lowest BCUT2D eigenvalue weighted by molar-refractivity contribution is 0.669. The van der Waals surface area contributed by atoms with Gasteiger partial charge in [-0.2, -0.15) is 0 Å². The molecule has 7 aromatic rings. The van der Waals surface area contributed by atoms with Gasteiger partial charge in [-0.05, 0) is 54.1 Å². The maximum atomic E-state index is 6.52. The molecule has 0 unspecified atom stereocenters. The molecular formula is C30H18ClNO2. The predicted octanol–water partition coefficient (Wildman–Crippen LogP) is 9.55. The van der Waals surface area contributed by atoms with Crippen molar-refractivity contribution in [2.45, 2.75) is 0 Å². The quantitative estimate of drug-likeness (QED) is 0.286. The molecule has 2 aromatic heterocycles. The molecule has 0 amide bonds. The molecule has 7 rings (SSSR count). The number of hydrogen-bond acceptors (Lipinski definition) is 3. The molecule has 0 spiro atoms. The van der Waals surface area contributed by atoms with Crippen LogP contribution in [0.5, 0.6) is 0 Å². The summed E-state index contributed by atoms with van der Waals surface area (Å²) in [7, 11) is 0. The highest BCUT2D eigenvalue weighted by molar-refractivity contribution is 6.32. The number of nitrogens with one attached hydrogen (secondary N) is 1. The van der Waals surface area contributed by atoms with Crippen LogP contribution in [0.25, 0.3) is 55.0 Å². The molecule has 3 nitrogen and oxygen atoms in total. The number of furan rings is 2. The summed E-state index contributed by atoms with van der Waals surface area (Å²) in [6.07, 6.45) is 0. The Labute approximate surface area is 200 Å². The Hall–Kier alpha value is -4.21. The summed E-state index contributed by atoms with van der Waals surface area (Å²) in [5.74, 6) is 0. The molecule has 0 fully saturated rings. The highest BCUT2D eigenvalue weighted by Gasteiger charge is 2.14. The minimum atomic E-state index is 0.683. The molecule has 0 bridgehead atoms. The number of anilines is 2. The third-order valence-electron chi connectivity index (χ3n) is 6.28. The van der Waals surface area contributed by atoms with Crippen LogP contribution in [0.15, 0.2) is 112 Å². The Morgan fingerprint density at radius 1 is 0.529 bits per heavy atom. The van der Waals surface area contributed by atoms with Crippen molar-refractivity contribution >= 4 is 66.9 Å². The first-order chi connectivity index (χ1) is 16.7. The van der Waals surface area contributed by atoms with Gasteiger partial charge in [0.1, 0.15) is 22.3 Å². The van der Waals surface area contributed by atoms with Crippen molar-refractivity contribution in [1.82, 2.24) is 0 Å². The molecule has 0 saturated carbocycles. The lowest BCUT2D eigenvalue weighted by Gasteiger charge is -2.10. The second-order valence-electron chi connectivity index (χ2n) is 8.44. The van der Waals surface area contributed by atoms with Gasteiger partial charge in [0.05, 0.1) is 0 Å². The Balaban J connectivity index is 1.31. The van der Waals surface area contributed by atoms with Crippen LogP contribution in [0.4, 0.5) is 11.4 Å². The third kappa shape index (κ3) is 3.06. The Kier molecular flexibility index (Phi) is 4.20. The van der Waals surface area contributed by atoms with Crippen molar-refractivity contribution in [2.75, 3.05) is 5.32 Å². The molecule has 0 radical (unpaired) electrons. The largest absolute Gasteiger partial charge is 0.456 e. The maximum absolute atomic E-state index is 6.52. The summed E-state index contributed by atoms with van der Waals surface area (Å²) in [5, 5.41) is 8.52. The Morgan fingerprint density at radius 2 is 1.24 bits per heavy atom. The molecule has 0 aliphatic rings. The number of rotatable bonds is 3. The van der Waals surface area contributed by atoms with E-state index in [-0.39, 0.29) is 0 Å². The van der Waals surface area contributed by atoms with E-state index in [1.807, 2.05) is 66.7 Å². The lowest BCUT2D eigenvalue weighted by atomic mass is 10.0. The van der Waals surface area contributed by atoms with E-state index in [1.54, 1.807) is 0 Å². The third-order valence-corrected chi connectivity index (χ3v) is 6.50. The minimum absolute atomic E-state index is 0.683. The highest BCUT2D eigenvalue weighted by Crippen LogP contribution is 2.39. The molecular weight excluding hydrogens is 442 g/mol. The van der Waals surface area contributed by atoms with E-state index in [1.165, 1.54) is 0 Å². The first kappa shape index (κ1) is 19.3. The van der Waals surface area contributed by atoms with Gasteiger partial charge in [0.25, 0.3) is 0 Å². The average molecular weight is 460 g/mol. The minimum Gasteiger partial charge on any atom is -0.456 e. The average Bonchev–Trinajstić information content (AvgIpc) is 3.41. The number of para-hydroxylation sites is 2. The normalized spacial score (nSPS) is 11.7. The van der Waals surface area contributed by atoms with Gasteiger partial charge in [-0.1, -0.05) is 60.1 Å². The van der Waals surface area contributed by atoms with Crippen LogP contribution < -0.4 is 5.32 Å². The van der Waals surface area contributed by atoms with Crippen molar-refractivity contribution < 1.29 is 8.83 Å². The molecule has 0 aliphatic heterocycles. The summed E-state index contributed by atoms with van der Waals surface area (Å²) >= 11 is 6.52.